The average Bonchev–Trinajstić information content (AvgIpc) is 3.16. The van der Waals surface area contributed by atoms with Gasteiger partial charge in [0.15, 0.2) is 5.82 Å². The number of nitrogens with one attached hydrogen (secondary N) is 2. The van der Waals surface area contributed by atoms with E-state index in [0.717, 1.165) is 5.56 Å². The number of benzene rings is 1. The van der Waals surface area contributed by atoms with Gasteiger partial charge >= 0.3 is 0 Å². The van der Waals surface area contributed by atoms with E-state index in [0.29, 0.717) is 17.1 Å². The summed E-state index contributed by atoms with van der Waals surface area (Å²) in [6.45, 7) is -0.116. The van der Waals surface area contributed by atoms with Crippen molar-refractivity contribution in [1.82, 2.24) is 15.3 Å². The average molecular weight is 338 g/mol. The first kappa shape index (κ1) is 15.8. The minimum Gasteiger partial charge on any atom is -0.343 e. The van der Waals surface area contributed by atoms with Crippen molar-refractivity contribution in [2.75, 3.05) is 11.9 Å². The molecule has 0 radical (unpaired) electrons. The van der Waals surface area contributed by atoms with Crippen LogP contribution in [0.3, 0.4) is 0 Å². The summed E-state index contributed by atoms with van der Waals surface area (Å²) in [6.07, 6.45) is 3.07. The molecule has 7 heteroatoms. The van der Waals surface area contributed by atoms with E-state index in [2.05, 4.69) is 20.6 Å². The molecule has 2 amide bonds. The highest BCUT2D eigenvalue weighted by Gasteiger charge is 2.09. The summed E-state index contributed by atoms with van der Waals surface area (Å²) >= 11 is 1.43. The molecule has 0 aliphatic heterocycles. The fourth-order valence-electron chi connectivity index (χ4n) is 1.99. The van der Waals surface area contributed by atoms with E-state index < -0.39 is 0 Å². The smallest absolute Gasteiger partial charge is 0.252 e. The molecule has 2 N–H and O–H groups in total. The Hall–Kier alpha value is -3.06. The van der Waals surface area contributed by atoms with Gasteiger partial charge < -0.3 is 10.6 Å². The Labute approximate surface area is 142 Å². The van der Waals surface area contributed by atoms with Gasteiger partial charge in [0.25, 0.3) is 5.91 Å². The molecule has 0 unspecified atom stereocenters. The van der Waals surface area contributed by atoms with Gasteiger partial charge in [0.1, 0.15) is 0 Å². The topological polar surface area (TPSA) is 84.0 Å². The molecular formula is C17H14N4O2S. The van der Waals surface area contributed by atoms with E-state index in [1.807, 2.05) is 30.3 Å². The second-order valence-electron chi connectivity index (χ2n) is 4.90. The van der Waals surface area contributed by atoms with Crippen LogP contribution in [0.25, 0.3) is 11.4 Å². The van der Waals surface area contributed by atoms with Crippen molar-refractivity contribution < 1.29 is 9.59 Å². The zero-order valence-electron chi connectivity index (χ0n) is 12.6. The lowest BCUT2D eigenvalue weighted by Crippen LogP contribution is -2.32. The minimum absolute atomic E-state index is 0.116. The van der Waals surface area contributed by atoms with Crippen LogP contribution >= 0.6 is 11.3 Å². The Morgan fingerprint density at radius 2 is 1.79 bits per heavy atom. The molecule has 0 aliphatic carbocycles. The maximum atomic E-state index is 11.9. The maximum Gasteiger partial charge on any atom is 0.252 e. The highest BCUT2D eigenvalue weighted by Crippen LogP contribution is 2.14. The van der Waals surface area contributed by atoms with Gasteiger partial charge in [0.2, 0.25) is 5.91 Å². The summed E-state index contributed by atoms with van der Waals surface area (Å²) in [7, 11) is 0. The molecule has 24 heavy (non-hydrogen) atoms. The second kappa shape index (κ2) is 7.47. The molecule has 0 atom stereocenters. The monoisotopic (exact) mass is 338 g/mol. The maximum absolute atomic E-state index is 11.9. The standard InChI is InChI=1S/C17H14N4O2S/c22-15(10-20-17(23)13-6-7-24-11-13)21-14-8-18-16(19-9-14)12-4-2-1-3-5-12/h1-9,11H,10H2,(H,20,23)(H,21,22). The molecule has 0 bridgehead atoms. The second-order valence-corrected chi connectivity index (χ2v) is 5.68. The number of hydrogen-bond donors (Lipinski definition) is 2. The molecule has 0 saturated heterocycles. The zero-order chi connectivity index (χ0) is 16.8. The van der Waals surface area contributed by atoms with Crippen molar-refractivity contribution in [2.45, 2.75) is 0 Å². The Bertz CT molecular complexity index is 818. The molecule has 120 valence electrons. The van der Waals surface area contributed by atoms with E-state index in [1.165, 1.54) is 23.7 Å². The van der Waals surface area contributed by atoms with Crippen LogP contribution in [-0.4, -0.2) is 28.3 Å². The SMILES string of the molecule is O=C(CNC(=O)c1ccsc1)Nc1cnc(-c2ccccc2)nc1. The summed E-state index contributed by atoms with van der Waals surface area (Å²) in [5.41, 5.74) is 1.92. The van der Waals surface area contributed by atoms with Gasteiger partial charge in [-0.05, 0) is 11.4 Å². The molecule has 6 nitrogen and oxygen atoms in total. The van der Waals surface area contributed by atoms with Gasteiger partial charge in [-0.1, -0.05) is 30.3 Å². The van der Waals surface area contributed by atoms with Gasteiger partial charge in [-0.15, -0.1) is 0 Å². The Morgan fingerprint density at radius 1 is 1.04 bits per heavy atom. The van der Waals surface area contributed by atoms with E-state index in [1.54, 1.807) is 16.8 Å². The summed E-state index contributed by atoms with van der Waals surface area (Å²) in [5, 5.41) is 8.73. The fourth-order valence-corrected chi connectivity index (χ4v) is 2.63. The molecule has 0 spiro atoms. The van der Waals surface area contributed by atoms with Crippen molar-refractivity contribution in [1.29, 1.82) is 0 Å². The van der Waals surface area contributed by atoms with Crippen LogP contribution in [0, 0.1) is 0 Å². The molecule has 3 aromatic rings. The number of aromatic nitrogens is 2. The third kappa shape index (κ3) is 4.02. The van der Waals surface area contributed by atoms with Crippen molar-refractivity contribution in [3.63, 3.8) is 0 Å². The lowest BCUT2D eigenvalue weighted by molar-refractivity contribution is -0.115. The first-order chi connectivity index (χ1) is 11.7. The van der Waals surface area contributed by atoms with Crippen LogP contribution in [0.15, 0.2) is 59.6 Å². The number of thiophene rings is 1. The highest BCUT2D eigenvalue weighted by molar-refractivity contribution is 7.08. The molecular weight excluding hydrogens is 324 g/mol. The summed E-state index contributed by atoms with van der Waals surface area (Å²) in [5.74, 6) is -0.0314. The lowest BCUT2D eigenvalue weighted by Gasteiger charge is -2.06. The third-order valence-corrected chi connectivity index (χ3v) is 3.84. The Kier molecular flexibility index (Phi) is 4.93. The number of rotatable bonds is 5. The van der Waals surface area contributed by atoms with Crippen LogP contribution < -0.4 is 10.6 Å². The molecule has 2 heterocycles. The van der Waals surface area contributed by atoms with Crippen LogP contribution in [-0.2, 0) is 4.79 Å². The number of carbonyl (C=O) groups excluding carboxylic acids is 2. The summed E-state index contributed by atoms with van der Waals surface area (Å²) < 4.78 is 0. The first-order valence-corrected chi connectivity index (χ1v) is 8.14. The number of anilines is 1. The van der Waals surface area contributed by atoms with Gasteiger partial charge in [0.05, 0.1) is 24.6 Å². The zero-order valence-corrected chi connectivity index (χ0v) is 13.4. The number of hydrogen-bond acceptors (Lipinski definition) is 5. The quantitative estimate of drug-likeness (QED) is 0.749. The molecule has 2 aromatic heterocycles. The van der Waals surface area contributed by atoms with Crippen LogP contribution in [0.1, 0.15) is 10.4 Å². The highest BCUT2D eigenvalue weighted by atomic mass is 32.1. The van der Waals surface area contributed by atoms with Crippen LogP contribution in [0.2, 0.25) is 0 Å². The Balaban J connectivity index is 1.54. The van der Waals surface area contributed by atoms with Crippen LogP contribution in [0.5, 0.6) is 0 Å². The van der Waals surface area contributed by atoms with Gasteiger partial charge in [0, 0.05) is 16.5 Å². The molecule has 1 aromatic carbocycles. The van der Waals surface area contributed by atoms with E-state index in [9.17, 15) is 9.59 Å². The largest absolute Gasteiger partial charge is 0.343 e. The van der Waals surface area contributed by atoms with Gasteiger partial charge in [-0.2, -0.15) is 11.3 Å². The van der Waals surface area contributed by atoms with Crippen molar-refractivity contribution in [3.8, 4) is 11.4 Å². The van der Waals surface area contributed by atoms with E-state index >= 15 is 0 Å². The van der Waals surface area contributed by atoms with E-state index in [4.69, 9.17) is 0 Å². The fraction of sp³-hybridized carbons (Fsp3) is 0.0588. The number of nitrogens with zero attached hydrogens (tertiary/aromatic N) is 2. The normalized spacial score (nSPS) is 10.2. The molecule has 0 saturated carbocycles. The van der Waals surface area contributed by atoms with Gasteiger partial charge in [-0.25, -0.2) is 9.97 Å². The summed E-state index contributed by atoms with van der Waals surface area (Å²) in [6, 6.07) is 11.3. The predicted octanol–water partition coefficient (Wildman–Crippen LogP) is 2.57. The molecule has 0 aliphatic rings. The summed E-state index contributed by atoms with van der Waals surface area (Å²) in [4.78, 5) is 32.1. The van der Waals surface area contributed by atoms with Gasteiger partial charge in [-0.3, -0.25) is 9.59 Å². The molecule has 3 rings (SSSR count). The predicted molar refractivity (Wildman–Crippen MR) is 92.7 cm³/mol. The van der Waals surface area contributed by atoms with E-state index in [-0.39, 0.29) is 18.4 Å². The van der Waals surface area contributed by atoms with Crippen molar-refractivity contribution in [2.24, 2.45) is 0 Å². The Morgan fingerprint density at radius 3 is 2.46 bits per heavy atom. The number of amides is 2. The number of carbonyl (C=O) groups is 2. The first-order valence-electron chi connectivity index (χ1n) is 7.20. The van der Waals surface area contributed by atoms with Crippen molar-refractivity contribution >= 4 is 28.8 Å². The van der Waals surface area contributed by atoms with Crippen molar-refractivity contribution in [3.05, 3.63) is 65.1 Å². The minimum atomic E-state index is -0.338. The molecule has 0 fully saturated rings. The van der Waals surface area contributed by atoms with Crippen LogP contribution in [0.4, 0.5) is 5.69 Å². The lowest BCUT2D eigenvalue weighted by atomic mass is 10.2. The third-order valence-electron chi connectivity index (χ3n) is 3.16.